The molecule has 18 heavy (non-hydrogen) atoms. The van der Waals surface area contributed by atoms with Gasteiger partial charge in [0.15, 0.2) is 0 Å². The van der Waals surface area contributed by atoms with Crippen molar-refractivity contribution in [2.24, 2.45) is 0 Å². The van der Waals surface area contributed by atoms with Crippen LogP contribution in [0.15, 0.2) is 28.7 Å². The number of aromatic nitrogens is 2. The molecule has 8 heteroatoms. The Labute approximate surface area is 101 Å². The normalized spacial score (nSPS) is 10.1. The second-order valence-electron chi connectivity index (χ2n) is 3.35. The molecule has 0 spiro atoms. The monoisotopic (exact) mass is 251 g/mol. The number of rotatable bonds is 3. The number of benzene rings is 1. The highest BCUT2D eigenvalue weighted by atomic mass is 19.1. The Morgan fingerprint density at radius 3 is 2.94 bits per heavy atom. The fourth-order valence-corrected chi connectivity index (χ4v) is 1.24. The lowest BCUT2D eigenvalue weighted by atomic mass is 10.3. The first-order chi connectivity index (χ1) is 8.63. The van der Waals surface area contributed by atoms with Crippen molar-refractivity contribution >= 4 is 17.7 Å². The standard InChI is InChI=1S/C10H10FN5O2/c11-6-2-1-3-7(4-6)14-10(17)13-5-8-15-16-9(12)18-8/h1-4H,5H2,(H2,12,16)(H2,13,14,17). The SMILES string of the molecule is Nc1nnc(CNC(=O)Nc2cccc(F)c2)o1. The number of nitrogens with one attached hydrogen (secondary N) is 2. The molecule has 2 amide bonds. The highest BCUT2D eigenvalue weighted by Crippen LogP contribution is 2.08. The van der Waals surface area contributed by atoms with Crippen molar-refractivity contribution in [3.05, 3.63) is 36.0 Å². The summed E-state index contributed by atoms with van der Waals surface area (Å²) < 4.78 is 17.7. The first kappa shape index (κ1) is 11.8. The summed E-state index contributed by atoms with van der Waals surface area (Å²) >= 11 is 0. The number of halogens is 1. The van der Waals surface area contributed by atoms with Crippen molar-refractivity contribution in [1.29, 1.82) is 0 Å². The minimum absolute atomic E-state index is 0.0331. The van der Waals surface area contributed by atoms with E-state index in [0.717, 1.165) is 0 Å². The summed E-state index contributed by atoms with van der Waals surface area (Å²) in [5, 5.41) is 11.9. The summed E-state index contributed by atoms with van der Waals surface area (Å²) in [4.78, 5) is 11.4. The van der Waals surface area contributed by atoms with E-state index in [9.17, 15) is 9.18 Å². The molecule has 0 aliphatic heterocycles. The molecule has 94 valence electrons. The van der Waals surface area contributed by atoms with Gasteiger partial charge in [-0.1, -0.05) is 11.2 Å². The van der Waals surface area contributed by atoms with E-state index in [1.165, 1.54) is 18.2 Å². The van der Waals surface area contributed by atoms with Crippen LogP contribution in [0.4, 0.5) is 20.9 Å². The van der Waals surface area contributed by atoms with E-state index in [1.807, 2.05) is 0 Å². The number of carbonyl (C=O) groups excluding carboxylic acids is 1. The smallest absolute Gasteiger partial charge is 0.319 e. The van der Waals surface area contributed by atoms with Crippen molar-refractivity contribution in [3.63, 3.8) is 0 Å². The molecule has 1 heterocycles. The van der Waals surface area contributed by atoms with Crippen LogP contribution in [-0.2, 0) is 6.54 Å². The molecule has 0 aliphatic rings. The molecule has 0 saturated heterocycles. The summed E-state index contributed by atoms with van der Waals surface area (Å²) in [5.41, 5.74) is 5.56. The van der Waals surface area contributed by atoms with Crippen LogP contribution >= 0.6 is 0 Å². The number of nitrogens with two attached hydrogens (primary N) is 1. The predicted molar refractivity (Wildman–Crippen MR) is 61.0 cm³/mol. The van der Waals surface area contributed by atoms with Gasteiger partial charge in [0.2, 0.25) is 5.89 Å². The van der Waals surface area contributed by atoms with Crippen molar-refractivity contribution in [3.8, 4) is 0 Å². The molecule has 0 fully saturated rings. The minimum atomic E-state index is -0.516. The lowest BCUT2D eigenvalue weighted by Gasteiger charge is -2.05. The van der Waals surface area contributed by atoms with Gasteiger partial charge in [0.25, 0.3) is 0 Å². The zero-order valence-corrected chi connectivity index (χ0v) is 9.18. The first-order valence-corrected chi connectivity index (χ1v) is 5.02. The lowest BCUT2D eigenvalue weighted by Crippen LogP contribution is -2.28. The lowest BCUT2D eigenvalue weighted by molar-refractivity contribution is 0.250. The highest BCUT2D eigenvalue weighted by molar-refractivity contribution is 5.89. The molecule has 0 aliphatic carbocycles. The summed E-state index contributed by atoms with van der Waals surface area (Å²) in [6.07, 6.45) is 0. The Bertz CT molecular complexity index is 557. The summed E-state index contributed by atoms with van der Waals surface area (Å²) in [5.74, 6) is -0.251. The van der Waals surface area contributed by atoms with Gasteiger partial charge >= 0.3 is 12.0 Å². The molecular formula is C10H10FN5O2. The number of amides is 2. The average molecular weight is 251 g/mol. The molecule has 7 nitrogen and oxygen atoms in total. The van der Waals surface area contributed by atoms with Crippen LogP contribution in [-0.4, -0.2) is 16.2 Å². The zero-order valence-electron chi connectivity index (χ0n) is 9.18. The van der Waals surface area contributed by atoms with Gasteiger partial charge < -0.3 is 20.8 Å². The Kier molecular flexibility index (Phi) is 3.37. The van der Waals surface area contributed by atoms with Crippen LogP contribution in [0.25, 0.3) is 0 Å². The van der Waals surface area contributed by atoms with Crippen LogP contribution in [0.2, 0.25) is 0 Å². The van der Waals surface area contributed by atoms with E-state index in [2.05, 4.69) is 20.8 Å². The first-order valence-electron chi connectivity index (χ1n) is 5.02. The Morgan fingerprint density at radius 1 is 1.44 bits per heavy atom. The molecule has 2 rings (SSSR count). The number of hydrogen-bond donors (Lipinski definition) is 3. The maximum Gasteiger partial charge on any atom is 0.319 e. The molecule has 0 bridgehead atoms. The fourth-order valence-electron chi connectivity index (χ4n) is 1.24. The molecule has 2 aromatic rings. The maximum absolute atomic E-state index is 12.9. The zero-order chi connectivity index (χ0) is 13.0. The van der Waals surface area contributed by atoms with Gasteiger partial charge in [-0.15, -0.1) is 5.10 Å². The van der Waals surface area contributed by atoms with Crippen LogP contribution < -0.4 is 16.4 Å². The molecule has 0 saturated carbocycles. The maximum atomic E-state index is 12.9. The van der Waals surface area contributed by atoms with Gasteiger partial charge in [-0.2, -0.15) is 0 Å². The highest BCUT2D eigenvalue weighted by Gasteiger charge is 2.06. The summed E-state index contributed by atoms with van der Waals surface area (Å²) in [6.45, 7) is 0.0331. The molecule has 0 unspecified atom stereocenters. The Morgan fingerprint density at radius 2 is 2.28 bits per heavy atom. The molecule has 4 N–H and O–H groups in total. The third-order valence-electron chi connectivity index (χ3n) is 1.97. The average Bonchev–Trinajstić information content (AvgIpc) is 2.73. The van der Waals surface area contributed by atoms with Crippen LogP contribution in [0.3, 0.4) is 0 Å². The van der Waals surface area contributed by atoms with Gasteiger partial charge in [0, 0.05) is 5.69 Å². The number of nitrogens with zero attached hydrogens (tertiary/aromatic N) is 2. The largest absolute Gasteiger partial charge is 0.406 e. The van der Waals surface area contributed by atoms with Crippen molar-refractivity contribution in [2.75, 3.05) is 11.1 Å². The molecule has 0 radical (unpaired) electrons. The van der Waals surface area contributed by atoms with Crippen LogP contribution in [0.1, 0.15) is 5.89 Å². The van der Waals surface area contributed by atoms with Crippen molar-refractivity contribution in [1.82, 2.24) is 15.5 Å². The number of nitrogen functional groups attached to an aromatic ring is 1. The third kappa shape index (κ3) is 3.17. The Balaban J connectivity index is 1.85. The van der Waals surface area contributed by atoms with E-state index in [4.69, 9.17) is 10.2 Å². The van der Waals surface area contributed by atoms with Crippen molar-refractivity contribution in [2.45, 2.75) is 6.54 Å². The summed E-state index contributed by atoms with van der Waals surface area (Å²) in [6, 6.07) is 4.95. The third-order valence-corrected chi connectivity index (χ3v) is 1.97. The second-order valence-corrected chi connectivity index (χ2v) is 3.35. The van der Waals surface area contributed by atoms with Crippen molar-refractivity contribution < 1.29 is 13.6 Å². The van der Waals surface area contributed by atoms with Crippen LogP contribution in [0, 0.1) is 5.82 Å². The second kappa shape index (κ2) is 5.13. The molecule has 1 aromatic heterocycles. The van der Waals surface area contributed by atoms with Gasteiger partial charge in [0.05, 0.1) is 6.54 Å². The molecule has 0 atom stereocenters. The van der Waals surface area contributed by atoms with Gasteiger partial charge in [0.1, 0.15) is 5.82 Å². The quantitative estimate of drug-likeness (QED) is 0.757. The predicted octanol–water partition coefficient (Wildman–Crippen LogP) is 1.11. The van der Waals surface area contributed by atoms with Gasteiger partial charge in [-0.3, -0.25) is 0 Å². The van der Waals surface area contributed by atoms with E-state index in [-0.39, 0.29) is 18.5 Å². The van der Waals surface area contributed by atoms with Gasteiger partial charge in [-0.05, 0) is 18.2 Å². The van der Waals surface area contributed by atoms with E-state index < -0.39 is 11.8 Å². The van der Waals surface area contributed by atoms with E-state index in [0.29, 0.717) is 5.69 Å². The number of anilines is 2. The number of carbonyl (C=O) groups is 1. The topological polar surface area (TPSA) is 106 Å². The number of hydrogen-bond acceptors (Lipinski definition) is 5. The summed E-state index contributed by atoms with van der Waals surface area (Å²) in [7, 11) is 0. The van der Waals surface area contributed by atoms with E-state index in [1.54, 1.807) is 6.07 Å². The number of urea groups is 1. The van der Waals surface area contributed by atoms with Crippen LogP contribution in [0.5, 0.6) is 0 Å². The molecular weight excluding hydrogens is 241 g/mol. The van der Waals surface area contributed by atoms with Gasteiger partial charge in [-0.25, -0.2) is 9.18 Å². The minimum Gasteiger partial charge on any atom is -0.406 e. The van der Waals surface area contributed by atoms with E-state index >= 15 is 0 Å². The fraction of sp³-hybridized carbons (Fsp3) is 0.100. The Hall–Kier alpha value is -2.64. The molecule has 1 aromatic carbocycles.